The van der Waals surface area contributed by atoms with E-state index in [1.807, 2.05) is 0 Å². The lowest BCUT2D eigenvalue weighted by Gasteiger charge is -2.20. The van der Waals surface area contributed by atoms with Crippen molar-refractivity contribution in [3.8, 4) is 0 Å². The van der Waals surface area contributed by atoms with Crippen molar-refractivity contribution in [1.29, 1.82) is 0 Å². The molecule has 0 saturated heterocycles. The average molecular weight is 311 g/mol. The van der Waals surface area contributed by atoms with E-state index in [-0.39, 0.29) is 10.4 Å². The number of halogens is 3. The Kier molecular flexibility index (Phi) is 4.41. The van der Waals surface area contributed by atoms with Gasteiger partial charge in [-0.15, -0.1) is 11.6 Å². The molecule has 0 radical (unpaired) electrons. The van der Waals surface area contributed by atoms with Crippen LogP contribution in [-0.2, 0) is 0 Å². The first-order valence-electron chi connectivity index (χ1n) is 6.49. The van der Waals surface area contributed by atoms with Crippen molar-refractivity contribution in [1.82, 2.24) is 0 Å². The normalized spacial score (nSPS) is 12.6. The summed E-state index contributed by atoms with van der Waals surface area (Å²) in [7, 11) is 0. The number of hydrogen-bond acceptors (Lipinski definition) is 0. The van der Waals surface area contributed by atoms with Crippen LogP contribution in [0.15, 0.2) is 24.3 Å². The number of hydrogen-bond donors (Lipinski definition) is 0. The molecular formula is C17H17Cl2F. The Morgan fingerprint density at radius 1 is 0.950 bits per heavy atom. The number of benzene rings is 2. The van der Waals surface area contributed by atoms with Crippen LogP contribution in [-0.4, -0.2) is 0 Å². The van der Waals surface area contributed by atoms with Crippen molar-refractivity contribution in [3.05, 3.63) is 68.5 Å². The molecule has 1 unspecified atom stereocenters. The zero-order chi connectivity index (χ0) is 15.0. The van der Waals surface area contributed by atoms with Gasteiger partial charge >= 0.3 is 0 Å². The smallest absolute Gasteiger partial charge is 0.141 e. The molecule has 20 heavy (non-hydrogen) atoms. The quantitative estimate of drug-likeness (QED) is 0.593. The van der Waals surface area contributed by atoms with E-state index < -0.39 is 5.82 Å². The van der Waals surface area contributed by atoms with E-state index in [4.69, 9.17) is 23.2 Å². The summed E-state index contributed by atoms with van der Waals surface area (Å²) in [4.78, 5) is 0. The van der Waals surface area contributed by atoms with Gasteiger partial charge in [0.05, 0.1) is 10.4 Å². The number of rotatable bonds is 2. The van der Waals surface area contributed by atoms with Crippen LogP contribution in [0.3, 0.4) is 0 Å². The second-order valence-electron chi connectivity index (χ2n) is 5.21. The van der Waals surface area contributed by atoms with Gasteiger partial charge in [0.1, 0.15) is 5.82 Å². The van der Waals surface area contributed by atoms with Crippen molar-refractivity contribution in [2.24, 2.45) is 0 Å². The minimum atomic E-state index is -0.423. The van der Waals surface area contributed by atoms with Crippen molar-refractivity contribution >= 4 is 23.2 Å². The molecular weight excluding hydrogens is 294 g/mol. The van der Waals surface area contributed by atoms with Crippen LogP contribution in [0.1, 0.15) is 38.8 Å². The zero-order valence-electron chi connectivity index (χ0n) is 12.0. The summed E-state index contributed by atoms with van der Waals surface area (Å²) >= 11 is 12.5. The molecule has 0 nitrogen and oxygen atoms in total. The van der Waals surface area contributed by atoms with Gasteiger partial charge in [-0.25, -0.2) is 4.39 Å². The summed E-state index contributed by atoms with van der Waals surface area (Å²) in [5.74, 6) is -0.423. The van der Waals surface area contributed by atoms with Gasteiger partial charge in [0.2, 0.25) is 0 Å². The van der Waals surface area contributed by atoms with E-state index in [1.54, 1.807) is 12.1 Å². The summed E-state index contributed by atoms with van der Waals surface area (Å²) in [6.45, 7) is 8.29. The Bertz CT molecular complexity index is 636. The van der Waals surface area contributed by atoms with Gasteiger partial charge in [-0.05, 0) is 73.2 Å². The van der Waals surface area contributed by atoms with Crippen LogP contribution in [0.25, 0.3) is 0 Å². The van der Waals surface area contributed by atoms with Gasteiger partial charge < -0.3 is 0 Å². The minimum absolute atomic E-state index is 0.104. The standard InChI is InChI=1S/C17H17Cl2F/c1-9-7-10(2)12(4)16(11(9)3)17(19)13-5-6-15(20)14(18)8-13/h5-8,17H,1-4H3. The molecule has 2 aromatic rings. The van der Waals surface area contributed by atoms with Crippen molar-refractivity contribution in [3.63, 3.8) is 0 Å². The highest BCUT2D eigenvalue weighted by atomic mass is 35.5. The third-order valence-electron chi connectivity index (χ3n) is 3.91. The van der Waals surface area contributed by atoms with Crippen LogP contribution in [0.5, 0.6) is 0 Å². The van der Waals surface area contributed by atoms with Gasteiger partial charge in [-0.3, -0.25) is 0 Å². The summed E-state index contributed by atoms with van der Waals surface area (Å²) in [6, 6.07) is 6.82. The van der Waals surface area contributed by atoms with Crippen molar-refractivity contribution in [2.45, 2.75) is 33.1 Å². The summed E-state index contributed by atoms with van der Waals surface area (Å²) in [5.41, 5.74) is 6.67. The first-order chi connectivity index (χ1) is 9.32. The summed E-state index contributed by atoms with van der Waals surface area (Å²) in [6.07, 6.45) is 0. The third-order valence-corrected chi connectivity index (χ3v) is 4.67. The maximum atomic E-state index is 13.3. The van der Waals surface area contributed by atoms with Gasteiger partial charge in [0.25, 0.3) is 0 Å². The molecule has 0 aliphatic carbocycles. The van der Waals surface area contributed by atoms with Crippen LogP contribution in [0, 0.1) is 33.5 Å². The second kappa shape index (κ2) is 5.75. The van der Waals surface area contributed by atoms with Crippen LogP contribution >= 0.6 is 23.2 Å². The Balaban J connectivity index is 2.58. The SMILES string of the molecule is Cc1cc(C)c(C)c(C(Cl)c2ccc(F)c(Cl)c2)c1C. The lowest BCUT2D eigenvalue weighted by Crippen LogP contribution is -2.03. The van der Waals surface area contributed by atoms with E-state index in [1.165, 1.54) is 28.3 Å². The topological polar surface area (TPSA) is 0 Å². The van der Waals surface area contributed by atoms with Gasteiger partial charge in [-0.2, -0.15) is 0 Å². The lowest BCUT2D eigenvalue weighted by molar-refractivity contribution is 0.627. The molecule has 1 atom stereocenters. The molecule has 2 aromatic carbocycles. The molecule has 0 aliphatic rings. The van der Waals surface area contributed by atoms with Gasteiger partial charge in [-0.1, -0.05) is 23.7 Å². The summed E-state index contributed by atoms with van der Waals surface area (Å²) < 4.78 is 13.3. The van der Waals surface area contributed by atoms with E-state index in [0.717, 1.165) is 11.1 Å². The third kappa shape index (κ3) is 2.70. The highest BCUT2D eigenvalue weighted by Gasteiger charge is 2.19. The van der Waals surface area contributed by atoms with Crippen LogP contribution in [0.2, 0.25) is 5.02 Å². The first-order valence-corrected chi connectivity index (χ1v) is 7.30. The van der Waals surface area contributed by atoms with E-state index >= 15 is 0 Å². The van der Waals surface area contributed by atoms with Gasteiger partial charge in [0, 0.05) is 0 Å². The lowest BCUT2D eigenvalue weighted by atomic mass is 9.90. The Hall–Kier alpha value is -1.05. The maximum absolute atomic E-state index is 13.3. The van der Waals surface area contributed by atoms with E-state index in [0.29, 0.717) is 0 Å². The van der Waals surface area contributed by atoms with Crippen LogP contribution in [0.4, 0.5) is 4.39 Å². The largest absolute Gasteiger partial charge is 0.205 e. The Morgan fingerprint density at radius 2 is 1.50 bits per heavy atom. The van der Waals surface area contributed by atoms with Crippen molar-refractivity contribution < 1.29 is 4.39 Å². The minimum Gasteiger partial charge on any atom is -0.205 e. The molecule has 0 N–H and O–H groups in total. The molecule has 0 spiro atoms. The van der Waals surface area contributed by atoms with E-state index in [2.05, 4.69) is 33.8 Å². The predicted molar refractivity (Wildman–Crippen MR) is 84.5 cm³/mol. The molecule has 3 heteroatoms. The summed E-state index contributed by atoms with van der Waals surface area (Å²) in [5, 5.41) is -0.223. The number of alkyl halides is 1. The molecule has 0 bridgehead atoms. The highest BCUT2D eigenvalue weighted by Crippen LogP contribution is 2.37. The molecule has 106 valence electrons. The van der Waals surface area contributed by atoms with Crippen molar-refractivity contribution in [2.75, 3.05) is 0 Å². The Labute approximate surface area is 129 Å². The number of aryl methyl sites for hydroxylation is 2. The Morgan fingerprint density at radius 3 is 2.00 bits per heavy atom. The predicted octanol–water partition coefficient (Wildman–Crippen LogP) is 6.04. The zero-order valence-corrected chi connectivity index (χ0v) is 13.5. The van der Waals surface area contributed by atoms with Crippen LogP contribution < -0.4 is 0 Å². The fourth-order valence-electron chi connectivity index (χ4n) is 2.46. The average Bonchev–Trinajstić information content (AvgIpc) is 2.40. The maximum Gasteiger partial charge on any atom is 0.141 e. The molecule has 0 aliphatic heterocycles. The van der Waals surface area contributed by atoms with E-state index in [9.17, 15) is 4.39 Å². The molecule has 0 heterocycles. The second-order valence-corrected chi connectivity index (χ2v) is 6.05. The molecule has 0 saturated carbocycles. The highest BCUT2D eigenvalue weighted by molar-refractivity contribution is 6.31. The molecule has 2 rings (SSSR count). The van der Waals surface area contributed by atoms with Gasteiger partial charge in [0.15, 0.2) is 0 Å². The monoisotopic (exact) mass is 310 g/mol. The fraction of sp³-hybridized carbons (Fsp3) is 0.294. The molecule has 0 aromatic heterocycles. The fourth-order valence-corrected chi connectivity index (χ4v) is 3.12. The molecule has 0 amide bonds. The molecule has 0 fully saturated rings. The first kappa shape index (κ1) is 15.3.